The SMILES string of the molecule is CC(F)c1cc(CC2CCNCC2)ccc1O. The number of piperidine rings is 1. The highest BCUT2D eigenvalue weighted by Crippen LogP contribution is 2.29. The summed E-state index contributed by atoms with van der Waals surface area (Å²) in [7, 11) is 0. The minimum atomic E-state index is -1.11. The molecule has 3 heteroatoms. The molecule has 0 bridgehead atoms. The molecule has 0 aliphatic carbocycles. The van der Waals surface area contributed by atoms with E-state index in [0.29, 0.717) is 11.5 Å². The van der Waals surface area contributed by atoms with Crippen molar-refractivity contribution in [3.05, 3.63) is 29.3 Å². The quantitative estimate of drug-likeness (QED) is 0.847. The van der Waals surface area contributed by atoms with Crippen LogP contribution in [0.2, 0.25) is 0 Å². The molecule has 1 aromatic rings. The van der Waals surface area contributed by atoms with Gasteiger partial charge in [-0.25, -0.2) is 4.39 Å². The topological polar surface area (TPSA) is 32.3 Å². The van der Waals surface area contributed by atoms with Gasteiger partial charge in [-0.15, -0.1) is 0 Å². The molecule has 1 unspecified atom stereocenters. The van der Waals surface area contributed by atoms with E-state index >= 15 is 0 Å². The van der Waals surface area contributed by atoms with Gasteiger partial charge in [0.25, 0.3) is 0 Å². The van der Waals surface area contributed by atoms with Crippen molar-refractivity contribution in [3.8, 4) is 5.75 Å². The van der Waals surface area contributed by atoms with Crippen LogP contribution in [0, 0.1) is 5.92 Å². The molecule has 17 heavy (non-hydrogen) atoms. The van der Waals surface area contributed by atoms with E-state index in [0.717, 1.165) is 25.1 Å². The molecule has 1 aromatic carbocycles. The summed E-state index contributed by atoms with van der Waals surface area (Å²) in [6.45, 7) is 3.62. The molecule has 2 nitrogen and oxygen atoms in total. The summed E-state index contributed by atoms with van der Waals surface area (Å²) in [5.41, 5.74) is 1.55. The van der Waals surface area contributed by atoms with Gasteiger partial charge in [0.15, 0.2) is 0 Å². The molecule has 0 radical (unpaired) electrons. The third-order valence-corrected chi connectivity index (χ3v) is 3.50. The van der Waals surface area contributed by atoms with Crippen LogP contribution in [0.3, 0.4) is 0 Å². The van der Waals surface area contributed by atoms with Crippen molar-refractivity contribution >= 4 is 0 Å². The lowest BCUT2D eigenvalue weighted by Crippen LogP contribution is -2.28. The number of nitrogens with one attached hydrogen (secondary N) is 1. The van der Waals surface area contributed by atoms with E-state index in [-0.39, 0.29) is 5.75 Å². The number of hydrogen-bond acceptors (Lipinski definition) is 2. The van der Waals surface area contributed by atoms with Crippen molar-refractivity contribution < 1.29 is 9.50 Å². The van der Waals surface area contributed by atoms with Gasteiger partial charge in [-0.05, 0) is 62.9 Å². The molecule has 0 aromatic heterocycles. The first kappa shape index (κ1) is 12.4. The van der Waals surface area contributed by atoms with Gasteiger partial charge < -0.3 is 10.4 Å². The van der Waals surface area contributed by atoms with Crippen LogP contribution < -0.4 is 5.32 Å². The lowest BCUT2D eigenvalue weighted by atomic mass is 9.90. The van der Waals surface area contributed by atoms with E-state index in [9.17, 15) is 9.50 Å². The second-order valence-corrected chi connectivity index (χ2v) is 4.91. The number of benzene rings is 1. The van der Waals surface area contributed by atoms with Crippen LogP contribution in [0.25, 0.3) is 0 Å². The first-order valence-corrected chi connectivity index (χ1v) is 6.33. The molecule has 0 spiro atoms. The molecular weight excluding hydrogens is 217 g/mol. The predicted molar refractivity (Wildman–Crippen MR) is 66.9 cm³/mol. The summed E-state index contributed by atoms with van der Waals surface area (Å²) in [6, 6.07) is 5.33. The second-order valence-electron chi connectivity index (χ2n) is 4.91. The standard InChI is InChI=1S/C14H20FNO/c1-10(15)13-9-12(2-3-14(13)17)8-11-4-6-16-7-5-11/h2-3,9-11,16-17H,4-8H2,1H3. The maximum Gasteiger partial charge on any atom is 0.126 e. The maximum absolute atomic E-state index is 13.3. The maximum atomic E-state index is 13.3. The minimum absolute atomic E-state index is 0.0639. The van der Waals surface area contributed by atoms with Gasteiger partial charge in [-0.1, -0.05) is 6.07 Å². The lowest BCUT2D eigenvalue weighted by molar-refractivity contribution is 0.353. The zero-order chi connectivity index (χ0) is 12.3. The van der Waals surface area contributed by atoms with Crippen molar-refractivity contribution in [1.29, 1.82) is 0 Å². The van der Waals surface area contributed by atoms with Crippen molar-refractivity contribution in [3.63, 3.8) is 0 Å². The van der Waals surface area contributed by atoms with Gasteiger partial charge >= 0.3 is 0 Å². The average Bonchev–Trinajstić information content (AvgIpc) is 2.32. The highest BCUT2D eigenvalue weighted by Gasteiger charge is 2.15. The fourth-order valence-corrected chi connectivity index (χ4v) is 2.47. The van der Waals surface area contributed by atoms with Crippen LogP contribution in [0.4, 0.5) is 4.39 Å². The Hall–Kier alpha value is -1.09. The average molecular weight is 237 g/mol. The number of halogens is 1. The number of hydrogen-bond donors (Lipinski definition) is 2. The molecule has 1 saturated heterocycles. The molecule has 1 heterocycles. The second kappa shape index (κ2) is 5.50. The highest BCUT2D eigenvalue weighted by molar-refractivity contribution is 5.37. The summed E-state index contributed by atoms with van der Waals surface area (Å²) in [5.74, 6) is 0.748. The number of rotatable bonds is 3. The Morgan fingerprint density at radius 1 is 1.41 bits per heavy atom. The van der Waals surface area contributed by atoms with E-state index in [2.05, 4.69) is 5.32 Å². The minimum Gasteiger partial charge on any atom is -0.508 e. The van der Waals surface area contributed by atoms with Crippen LogP contribution in [0.1, 0.15) is 37.1 Å². The molecular formula is C14H20FNO. The number of alkyl halides is 1. The van der Waals surface area contributed by atoms with Gasteiger partial charge in [0, 0.05) is 5.56 Å². The van der Waals surface area contributed by atoms with Crippen molar-refractivity contribution in [2.24, 2.45) is 5.92 Å². The number of phenols is 1. The lowest BCUT2D eigenvalue weighted by Gasteiger charge is -2.22. The summed E-state index contributed by atoms with van der Waals surface area (Å²) >= 11 is 0. The predicted octanol–water partition coefficient (Wildman–Crippen LogP) is 2.96. The van der Waals surface area contributed by atoms with E-state index in [1.54, 1.807) is 6.07 Å². The van der Waals surface area contributed by atoms with Crippen molar-refractivity contribution in [1.82, 2.24) is 5.32 Å². The zero-order valence-corrected chi connectivity index (χ0v) is 10.2. The van der Waals surface area contributed by atoms with E-state index < -0.39 is 6.17 Å². The Kier molecular flexibility index (Phi) is 4.00. The van der Waals surface area contributed by atoms with Crippen LogP contribution in [-0.4, -0.2) is 18.2 Å². The van der Waals surface area contributed by atoms with Gasteiger partial charge in [0.05, 0.1) is 0 Å². The number of aromatic hydroxyl groups is 1. The molecule has 0 saturated carbocycles. The molecule has 1 aliphatic rings. The first-order valence-electron chi connectivity index (χ1n) is 6.33. The van der Waals surface area contributed by atoms with Crippen molar-refractivity contribution in [2.75, 3.05) is 13.1 Å². The summed E-state index contributed by atoms with van der Waals surface area (Å²) in [5, 5.41) is 12.9. The summed E-state index contributed by atoms with van der Waals surface area (Å²) in [4.78, 5) is 0. The van der Waals surface area contributed by atoms with E-state index in [1.165, 1.54) is 19.8 Å². The van der Waals surface area contributed by atoms with Crippen LogP contribution in [-0.2, 0) is 6.42 Å². The largest absolute Gasteiger partial charge is 0.508 e. The van der Waals surface area contributed by atoms with Crippen LogP contribution in [0.15, 0.2) is 18.2 Å². The van der Waals surface area contributed by atoms with Gasteiger partial charge in [-0.2, -0.15) is 0 Å². The molecule has 0 amide bonds. The molecule has 1 fully saturated rings. The first-order chi connectivity index (χ1) is 8.16. The van der Waals surface area contributed by atoms with E-state index in [1.807, 2.05) is 12.1 Å². The summed E-state index contributed by atoms with van der Waals surface area (Å²) in [6.07, 6.45) is 2.24. The number of phenolic OH excluding ortho intramolecular Hbond substituents is 1. The van der Waals surface area contributed by atoms with Crippen LogP contribution in [0.5, 0.6) is 5.75 Å². The molecule has 1 aliphatic heterocycles. The van der Waals surface area contributed by atoms with Gasteiger partial charge in [0.2, 0.25) is 0 Å². The highest BCUT2D eigenvalue weighted by atomic mass is 19.1. The zero-order valence-electron chi connectivity index (χ0n) is 10.2. The summed E-state index contributed by atoms with van der Waals surface area (Å²) < 4.78 is 13.3. The Morgan fingerprint density at radius 3 is 2.76 bits per heavy atom. The van der Waals surface area contributed by atoms with Gasteiger partial charge in [0.1, 0.15) is 11.9 Å². The van der Waals surface area contributed by atoms with Crippen molar-refractivity contribution in [2.45, 2.75) is 32.4 Å². The van der Waals surface area contributed by atoms with Gasteiger partial charge in [-0.3, -0.25) is 0 Å². The normalized spacial score (nSPS) is 19.2. The smallest absolute Gasteiger partial charge is 0.126 e. The third-order valence-electron chi connectivity index (χ3n) is 3.50. The molecule has 2 N–H and O–H groups in total. The monoisotopic (exact) mass is 237 g/mol. The molecule has 94 valence electrons. The van der Waals surface area contributed by atoms with Crippen LogP contribution >= 0.6 is 0 Å². The van der Waals surface area contributed by atoms with E-state index in [4.69, 9.17) is 0 Å². The molecule has 2 rings (SSSR count). The Labute approximate surface area is 102 Å². The fraction of sp³-hybridized carbons (Fsp3) is 0.571. The Morgan fingerprint density at radius 2 is 2.12 bits per heavy atom. The Balaban J connectivity index is 2.07. The Bertz CT molecular complexity index is 372. The fourth-order valence-electron chi connectivity index (χ4n) is 2.47. The third kappa shape index (κ3) is 3.19. The molecule has 1 atom stereocenters.